The van der Waals surface area contributed by atoms with Crippen molar-refractivity contribution >= 4 is 26.0 Å². The van der Waals surface area contributed by atoms with Crippen LogP contribution in [0.15, 0.2) is 107 Å². The Bertz CT molecular complexity index is 1920. The lowest BCUT2D eigenvalue weighted by atomic mass is 10.1. The summed E-state index contributed by atoms with van der Waals surface area (Å²) in [6.07, 6.45) is -4.20. The van der Waals surface area contributed by atoms with Crippen LogP contribution < -0.4 is 11.2 Å². The van der Waals surface area contributed by atoms with E-state index in [1.807, 2.05) is 19.6 Å². The number of ether oxygens (including phenoxy) is 4. The minimum atomic E-state index is -1.93. The highest BCUT2D eigenvalue weighted by molar-refractivity contribution is 6.83. The molecule has 0 amide bonds. The predicted molar refractivity (Wildman–Crippen MR) is 173 cm³/mol. The molecule has 0 saturated carbocycles. The summed E-state index contributed by atoms with van der Waals surface area (Å²) in [5.74, 6) is 0.621. The summed E-state index contributed by atoms with van der Waals surface area (Å²) < 4.78 is 24.6. The fraction of sp³-hybridized carbons (Fsp3) is 0.229. The summed E-state index contributed by atoms with van der Waals surface area (Å²) in [5.41, 5.74) is 2.16. The molecule has 240 valence electrons. The fourth-order valence-corrected chi connectivity index (χ4v) is 5.21. The smallest absolute Gasteiger partial charge is 0.338 e. The molecule has 0 aliphatic carbocycles. The number of carbonyl (C=O) groups is 3. The van der Waals surface area contributed by atoms with Gasteiger partial charge in [-0.2, -0.15) is 0 Å². The molecule has 5 rings (SSSR count). The van der Waals surface area contributed by atoms with Crippen LogP contribution in [0.25, 0.3) is 0 Å². The average molecular weight is 653 g/mol. The molecule has 1 fully saturated rings. The SMILES string of the molecule is C[Si](C)(C)C#Cc1cn([C@@H]2O[C@H](COC(=O)c3ccccc3)[C@@H](OC(=O)c3ccccc3)[C@H]2OC(=O)c2ccccc2)c(=O)[nH]c1=O. The van der Waals surface area contributed by atoms with Gasteiger partial charge in [0.2, 0.25) is 0 Å². The minimum absolute atomic E-state index is 0.0134. The summed E-state index contributed by atoms with van der Waals surface area (Å²) in [7, 11) is -1.93. The quantitative estimate of drug-likeness (QED) is 0.129. The van der Waals surface area contributed by atoms with Crippen molar-refractivity contribution in [2.24, 2.45) is 0 Å². The third-order valence-electron chi connectivity index (χ3n) is 6.99. The van der Waals surface area contributed by atoms with Crippen LogP contribution in [0.5, 0.6) is 0 Å². The van der Waals surface area contributed by atoms with Gasteiger partial charge in [0.05, 0.1) is 16.7 Å². The number of nitrogens with one attached hydrogen (secondary N) is 1. The molecule has 1 aromatic heterocycles. The van der Waals surface area contributed by atoms with Crippen molar-refractivity contribution in [3.05, 3.63) is 140 Å². The molecule has 47 heavy (non-hydrogen) atoms. The van der Waals surface area contributed by atoms with E-state index >= 15 is 0 Å². The van der Waals surface area contributed by atoms with Gasteiger partial charge < -0.3 is 18.9 Å². The van der Waals surface area contributed by atoms with Crippen molar-refractivity contribution in [1.29, 1.82) is 0 Å². The lowest BCUT2D eigenvalue weighted by Gasteiger charge is -2.25. The van der Waals surface area contributed by atoms with E-state index in [4.69, 9.17) is 18.9 Å². The van der Waals surface area contributed by atoms with E-state index in [0.717, 1.165) is 4.57 Å². The van der Waals surface area contributed by atoms with Gasteiger partial charge in [0, 0.05) is 6.20 Å². The number of rotatable bonds is 8. The van der Waals surface area contributed by atoms with Crippen molar-refractivity contribution in [2.45, 2.75) is 44.2 Å². The summed E-state index contributed by atoms with van der Waals surface area (Å²) in [6.45, 7) is 5.56. The van der Waals surface area contributed by atoms with Gasteiger partial charge in [-0.05, 0) is 36.4 Å². The molecule has 11 nitrogen and oxygen atoms in total. The number of esters is 3. The number of H-pyrrole nitrogens is 1. The number of benzene rings is 3. The van der Waals surface area contributed by atoms with E-state index in [1.54, 1.807) is 78.9 Å². The Morgan fingerprint density at radius 2 is 1.26 bits per heavy atom. The number of hydrogen-bond acceptors (Lipinski definition) is 9. The molecule has 4 atom stereocenters. The van der Waals surface area contributed by atoms with Gasteiger partial charge in [-0.3, -0.25) is 14.3 Å². The molecule has 0 radical (unpaired) electrons. The van der Waals surface area contributed by atoms with Crippen LogP contribution in [0, 0.1) is 11.5 Å². The number of nitrogens with zero attached hydrogens (tertiary/aromatic N) is 1. The standard InChI is InChI=1S/C35H32N2O9Si/c1-47(2,3)20-19-26-21-37(35(42)36-30(26)38)31-29(46-34(41)25-17-11-6-12-18-25)28(45-33(40)24-15-9-5-10-16-24)27(44-31)22-43-32(39)23-13-7-4-8-14-23/h4-18,21,27-29,31H,22H2,1-3H3,(H,36,38,42)/t27-,28-,29-,31-/m1/s1. The lowest BCUT2D eigenvalue weighted by Crippen LogP contribution is -2.43. The van der Waals surface area contributed by atoms with Crippen LogP contribution in [0.3, 0.4) is 0 Å². The monoisotopic (exact) mass is 652 g/mol. The largest absolute Gasteiger partial charge is 0.459 e. The summed E-state index contributed by atoms with van der Waals surface area (Å²) in [4.78, 5) is 67.8. The molecule has 0 spiro atoms. The first-order valence-corrected chi connectivity index (χ1v) is 18.3. The second-order valence-electron chi connectivity index (χ2n) is 11.7. The zero-order valence-corrected chi connectivity index (χ0v) is 26.9. The Morgan fingerprint density at radius 1 is 0.766 bits per heavy atom. The van der Waals surface area contributed by atoms with Crippen molar-refractivity contribution in [3.8, 4) is 11.5 Å². The molecule has 12 heteroatoms. The number of hydrogen-bond donors (Lipinski definition) is 1. The first kappa shape index (κ1) is 32.9. The molecule has 3 aromatic carbocycles. The van der Waals surface area contributed by atoms with Gasteiger partial charge in [-0.1, -0.05) is 80.2 Å². The molecule has 2 heterocycles. The van der Waals surface area contributed by atoms with Crippen LogP contribution in [0.4, 0.5) is 0 Å². The van der Waals surface area contributed by atoms with Crippen LogP contribution in [-0.4, -0.2) is 60.5 Å². The summed E-state index contributed by atoms with van der Waals surface area (Å²) in [6, 6.07) is 24.4. The maximum absolute atomic E-state index is 13.4. The molecular formula is C35H32N2O9Si. The first-order chi connectivity index (χ1) is 22.5. The summed E-state index contributed by atoms with van der Waals surface area (Å²) in [5, 5.41) is 0. The maximum atomic E-state index is 13.4. The Hall–Kier alpha value is -5.51. The van der Waals surface area contributed by atoms with Gasteiger partial charge in [-0.25, -0.2) is 19.2 Å². The molecule has 1 N–H and O–H groups in total. The van der Waals surface area contributed by atoms with E-state index in [9.17, 15) is 24.0 Å². The molecule has 4 aromatic rings. The van der Waals surface area contributed by atoms with Gasteiger partial charge >= 0.3 is 23.6 Å². The van der Waals surface area contributed by atoms with Crippen LogP contribution in [0.1, 0.15) is 42.9 Å². The van der Waals surface area contributed by atoms with E-state index in [1.165, 1.54) is 18.3 Å². The van der Waals surface area contributed by atoms with E-state index in [2.05, 4.69) is 16.4 Å². The number of aromatic amines is 1. The Kier molecular flexibility index (Phi) is 9.99. The van der Waals surface area contributed by atoms with Crippen LogP contribution >= 0.6 is 0 Å². The zero-order valence-electron chi connectivity index (χ0n) is 25.9. The molecule has 1 saturated heterocycles. The number of carbonyl (C=O) groups excluding carboxylic acids is 3. The highest BCUT2D eigenvalue weighted by atomic mass is 28.3. The van der Waals surface area contributed by atoms with Gasteiger partial charge in [0.15, 0.2) is 18.4 Å². The van der Waals surface area contributed by atoms with Gasteiger partial charge in [-0.15, -0.1) is 5.54 Å². The van der Waals surface area contributed by atoms with Gasteiger partial charge in [0.25, 0.3) is 5.56 Å². The first-order valence-electron chi connectivity index (χ1n) is 14.8. The second kappa shape index (κ2) is 14.3. The lowest BCUT2D eigenvalue weighted by molar-refractivity contribution is -0.0640. The normalized spacial score (nSPS) is 18.8. The van der Waals surface area contributed by atoms with E-state index < -0.39 is 68.4 Å². The van der Waals surface area contributed by atoms with Crippen molar-refractivity contribution in [1.82, 2.24) is 9.55 Å². The molecule has 1 aliphatic rings. The third-order valence-corrected chi connectivity index (χ3v) is 7.87. The Labute approximate surface area is 271 Å². The maximum Gasteiger partial charge on any atom is 0.338 e. The van der Waals surface area contributed by atoms with Crippen LogP contribution in [0.2, 0.25) is 19.6 Å². The highest BCUT2D eigenvalue weighted by Crippen LogP contribution is 2.35. The molecule has 1 aliphatic heterocycles. The Morgan fingerprint density at radius 3 is 1.77 bits per heavy atom. The third kappa shape index (κ3) is 8.21. The number of aromatic nitrogens is 2. The zero-order chi connectivity index (χ0) is 33.6. The van der Waals surface area contributed by atoms with Crippen LogP contribution in [-0.2, 0) is 18.9 Å². The molecule has 0 unspecified atom stereocenters. The second-order valence-corrected chi connectivity index (χ2v) is 16.5. The van der Waals surface area contributed by atoms with Crippen molar-refractivity contribution in [2.75, 3.05) is 6.61 Å². The van der Waals surface area contributed by atoms with E-state index in [0.29, 0.717) is 0 Å². The molecule has 0 bridgehead atoms. The Balaban J connectivity index is 1.57. The predicted octanol–water partition coefficient (Wildman–Crippen LogP) is 3.97. The van der Waals surface area contributed by atoms with Crippen molar-refractivity contribution < 1.29 is 33.3 Å². The minimum Gasteiger partial charge on any atom is -0.459 e. The van der Waals surface area contributed by atoms with Gasteiger partial charge in [0.1, 0.15) is 26.3 Å². The average Bonchev–Trinajstić information content (AvgIpc) is 3.39. The van der Waals surface area contributed by atoms with Crippen molar-refractivity contribution in [3.63, 3.8) is 0 Å². The fourth-order valence-electron chi connectivity index (χ4n) is 4.70. The van der Waals surface area contributed by atoms with E-state index in [-0.39, 0.29) is 22.3 Å². The summed E-state index contributed by atoms with van der Waals surface area (Å²) >= 11 is 0. The topological polar surface area (TPSA) is 143 Å². The highest BCUT2D eigenvalue weighted by Gasteiger charge is 2.51. The molecular weight excluding hydrogens is 620 g/mol.